The minimum atomic E-state index is -1.32. The second-order valence-electron chi connectivity index (χ2n) is 6.57. The molecule has 0 bridgehead atoms. The molecule has 0 atom stereocenters. The number of H-pyrrole nitrogens is 1. The number of anilines is 2. The zero-order valence-electron chi connectivity index (χ0n) is 14.9. The highest BCUT2D eigenvalue weighted by Gasteiger charge is 2.30. The van der Waals surface area contributed by atoms with Crippen molar-refractivity contribution in [2.24, 2.45) is 0 Å². The number of hydrogen-bond donors (Lipinski definition) is 3. The summed E-state index contributed by atoms with van der Waals surface area (Å²) >= 11 is 6.23. The normalized spacial score (nSPS) is 14.1. The number of carbonyl (C=O) groups excluding carboxylic acids is 1. The fraction of sp³-hybridized carbons (Fsp3) is 0.167. The Kier molecular flexibility index (Phi) is 4.79. The van der Waals surface area contributed by atoms with Crippen LogP contribution in [0.2, 0.25) is 5.02 Å². The van der Waals surface area contributed by atoms with Gasteiger partial charge in [-0.3, -0.25) is 4.79 Å². The van der Waals surface area contributed by atoms with E-state index >= 15 is 0 Å². The van der Waals surface area contributed by atoms with Crippen LogP contribution in [0.5, 0.6) is 5.88 Å². The van der Waals surface area contributed by atoms with Gasteiger partial charge in [-0.25, -0.2) is 18.0 Å². The minimum Gasteiger partial charge on any atom is -0.400 e. The third-order valence-electron chi connectivity index (χ3n) is 4.56. The summed E-state index contributed by atoms with van der Waals surface area (Å²) < 4.78 is 46.2. The van der Waals surface area contributed by atoms with Gasteiger partial charge in [-0.05, 0) is 6.07 Å². The molecule has 0 saturated carbocycles. The number of pyridine rings is 2. The summed E-state index contributed by atoms with van der Waals surface area (Å²) in [5.74, 6) is -6.22. The van der Waals surface area contributed by atoms with Crippen LogP contribution in [0.15, 0.2) is 23.1 Å². The van der Waals surface area contributed by atoms with Crippen LogP contribution < -0.4 is 20.8 Å². The molecule has 8 nitrogen and oxygen atoms in total. The van der Waals surface area contributed by atoms with E-state index in [1.165, 1.54) is 4.90 Å². The predicted octanol–water partition coefficient (Wildman–Crippen LogP) is 1.98. The van der Waals surface area contributed by atoms with Crippen LogP contribution >= 0.6 is 11.6 Å². The van der Waals surface area contributed by atoms with Gasteiger partial charge in [-0.2, -0.15) is 4.98 Å². The zero-order chi connectivity index (χ0) is 21.7. The third kappa shape index (κ3) is 3.21. The number of aliphatic hydroxyl groups is 1. The molecule has 1 saturated heterocycles. The molecule has 3 aromatic rings. The smallest absolute Gasteiger partial charge is 0.350 e. The highest BCUT2D eigenvalue weighted by molar-refractivity contribution is 6.38. The van der Waals surface area contributed by atoms with Gasteiger partial charge in [0.15, 0.2) is 17.5 Å². The number of rotatable bonds is 3. The van der Waals surface area contributed by atoms with Gasteiger partial charge in [0.25, 0.3) is 5.88 Å². The molecule has 156 valence electrons. The Morgan fingerprint density at radius 3 is 2.63 bits per heavy atom. The lowest BCUT2D eigenvalue weighted by Gasteiger charge is -2.38. The van der Waals surface area contributed by atoms with E-state index in [2.05, 4.69) is 9.97 Å². The Morgan fingerprint density at radius 2 is 1.97 bits per heavy atom. The van der Waals surface area contributed by atoms with Gasteiger partial charge < -0.3 is 25.5 Å². The topological polar surface area (TPSA) is 122 Å². The molecule has 30 heavy (non-hydrogen) atoms. The molecule has 1 aliphatic heterocycles. The number of esters is 1. The van der Waals surface area contributed by atoms with Gasteiger partial charge in [0.05, 0.1) is 27.7 Å². The van der Waals surface area contributed by atoms with Crippen molar-refractivity contribution < 1.29 is 27.8 Å². The number of aromatic nitrogens is 2. The molecule has 0 spiro atoms. The second kappa shape index (κ2) is 7.18. The average Bonchev–Trinajstić information content (AvgIpc) is 2.65. The quantitative estimate of drug-likeness (QED) is 0.532. The first-order valence-corrected chi connectivity index (χ1v) is 8.85. The Bertz CT molecular complexity index is 1260. The van der Waals surface area contributed by atoms with Crippen LogP contribution in [0.3, 0.4) is 0 Å². The maximum absolute atomic E-state index is 14.6. The van der Waals surface area contributed by atoms with Gasteiger partial charge in [0.2, 0.25) is 5.43 Å². The lowest BCUT2D eigenvalue weighted by atomic mass is 10.1. The van der Waals surface area contributed by atoms with E-state index in [9.17, 15) is 27.9 Å². The molecular formula is C18H12ClF3N4O4. The van der Waals surface area contributed by atoms with E-state index in [1.807, 2.05) is 0 Å². The minimum absolute atomic E-state index is 0.00787. The van der Waals surface area contributed by atoms with Gasteiger partial charge in [0, 0.05) is 25.4 Å². The average molecular weight is 441 g/mol. The molecule has 12 heteroatoms. The number of aliphatic hydroxyl groups excluding tert-OH is 1. The molecule has 2 aromatic heterocycles. The largest absolute Gasteiger partial charge is 0.400 e. The number of ether oxygens (including phenoxy) is 1. The first-order valence-electron chi connectivity index (χ1n) is 8.47. The number of fused-ring (bicyclic) bond motifs is 1. The maximum Gasteiger partial charge on any atom is 0.350 e. The lowest BCUT2D eigenvalue weighted by molar-refractivity contribution is 0.0718. The van der Waals surface area contributed by atoms with E-state index < -0.39 is 52.2 Å². The Hall–Kier alpha value is -3.31. The molecule has 4 N–H and O–H groups in total. The number of aromatic amines is 1. The standard InChI is InChI=1S/C18H12ClF3N4O4/c19-12-13-7(1-9(20)14(12)26-4-6(27)5-26)15(28)8(3-24-13)18(29)30-17-11(22)2-10(21)16(23)25-17/h1-3,6,27H,4-5H2,(H2,23,25)(H,24,28). The van der Waals surface area contributed by atoms with E-state index in [-0.39, 0.29) is 34.7 Å². The Balaban J connectivity index is 1.73. The SMILES string of the molecule is Nc1nc(OC(=O)c2c[nH]c3c(Cl)c(N4CC(O)C4)c(F)cc3c2=O)c(F)cc1F. The third-order valence-corrected chi connectivity index (χ3v) is 4.92. The summed E-state index contributed by atoms with van der Waals surface area (Å²) in [5.41, 5.74) is 3.77. The molecular weight excluding hydrogens is 429 g/mol. The fourth-order valence-corrected chi connectivity index (χ4v) is 3.41. The first-order chi connectivity index (χ1) is 14.2. The van der Waals surface area contributed by atoms with Crippen molar-refractivity contribution in [2.45, 2.75) is 6.10 Å². The van der Waals surface area contributed by atoms with Gasteiger partial charge in [-0.1, -0.05) is 11.6 Å². The second-order valence-corrected chi connectivity index (χ2v) is 6.94. The number of halogens is 4. The molecule has 0 amide bonds. The van der Waals surface area contributed by atoms with Crippen molar-refractivity contribution in [1.29, 1.82) is 0 Å². The van der Waals surface area contributed by atoms with Gasteiger partial charge >= 0.3 is 5.97 Å². The molecule has 1 aromatic carbocycles. The number of nitrogens with one attached hydrogen (secondary N) is 1. The van der Waals surface area contributed by atoms with Crippen molar-refractivity contribution in [1.82, 2.24) is 9.97 Å². The summed E-state index contributed by atoms with van der Waals surface area (Å²) in [5, 5.41) is 9.06. The number of nitrogen functional groups attached to an aromatic ring is 1. The van der Waals surface area contributed by atoms with Crippen molar-refractivity contribution in [3.63, 3.8) is 0 Å². The van der Waals surface area contributed by atoms with Crippen LogP contribution in [0.25, 0.3) is 10.9 Å². The van der Waals surface area contributed by atoms with Crippen molar-refractivity contribution in [2.75, 3.05) is 23.7 Å². The number of β-amino-alcohol motifs (C(OH)–C–C–N with tert-alkyl or cyclic N) is 1. The van der Waals surface area contributed by atoms with Crippen LogP contribution in [-0.2, 0) is 0 Å². The molecule has 0 radical (unpaired) electrons. The highest BCUT2D eigenvalue weighted by atomic mass is 35.5. The van der Waals surface area contributed by atoms with E-state index in [0.717, 1.165) is 12.3 Å². The fourth-order valence-electron chi connectivity index (χ4n) is 3.04. The van der Waals surface area contributed by atoms with Crippen LogP contribution in [0.4, 0.5) is 24.7 Å². The molecule has 1 aliphatic rings. The first kappa shape index (κ1) is 20.0. The summed E-state index contributed by atoms with van der Waals surface area (Å²) in [4.78, 5) is 32.4. The van der Waals surface area contributed by atoms with Crippen LogP contribution in [-0.4, -0.2) is 40.2 Å². The number of hydrogen-bond acceptors (Lipinski definition) is 7. The zero-order valence-corrected chi connectivity index (χ0v) is 15.6. The van der Waals surface area contributed by atoms with Crippen LogP contribution in [0.1, 0.15) is 10.4 Å². The van der Waals surface area contributed by atoms with Crippen molar-refractivity contribution in [3.8, 4) is 5.88 Å². The molecule has 4 rings (SSSR count). The lowest BCUT2D eigenvalue weighted by Crippen LogP contribution is -2.51. The van der Waals surface area contributed by atoms with E-state index in [4.69, 9.17) is 22.1 Å². The Labute approximate surface area is 170 Å². The molecule has 0 unspecified atom stereocenters. The van der Waals surface area contributed by atoms with Crippen LogP contribution in [0, 0.1) is 17.5 Å². The van der Waals surface area contributed by atoms with E-state index in [0.29, 0.717) is 6.07 Å². The summed E-state index contributed by atoms with van der Waals surface area (Å²) in [7, 11) is 0. The maximum atomic E-state index is 14.6. The van der Waals surface area contributed by atoms with Gasteiger partial charge in [-0.15, -0.1) is 0 Å². The molecule has 1 fully saturated rings. The van der Waals surface area contributed by atoms with Crippen molar-refractivity contribution >= 4 is 40.0 Å². The van der Waals surface area contributed by atoms with Gasteiger partial charge in [0.1, 0.15) is 11.4 Å². The molecule has 0 aliphatic carbocycles. The monoisotopic (exact) mass is 440 g/mol. The number of nitrogens with zero attached hydrogens (tertiary/aromatic N) is 2. The number of benzene rings is 1. The summed E-state index contributed by atoms with van der Waals surface area (Å²) in [6.45, 7) is 0.353. The van der Waals surface area contributed by atoms with Crippen molar-refractivity contribution in [3.05, 3.63) is 56.6 Å². The molecule has 3 heterocycles. The Morgan fingerprint density at radius 1 is 1.27 bits per heavy atom. The highest BCUT2D eigenvalue weighted by Crippen LogP contribution is 2.36. The van der Waals surface area contributed by atoms with E-state index in [1.54, 1.807) is 0 Å². The summed E-state index contributed by atoms with van der Waals surface area (Å²) in [6.07, 6.45) is 0.359. The predicted molar refractivity (Wildman–Crippen MR) is 101 cm³/mol. The number of nitrogens with two attached hydrogens (primary N) is 1. The summed E-state index contributed by atoms with van der Waals surface area (Å²) in [6, 6.07) is 1.27. The number of carbonyl (C=O) groups is 1.